The Bertz CT molecular complexity index is 81.7. The van der Waals surface area contributed by atoms with Crippen LogP contribution in [0.5, 0.6) is 0 Å². The molecule has 0 fully saturated rings. The van der Waals surface area contributed by atoms with E-state index >= 15 is 0 Å². The maximum atomic E-state index is 5.12. The van der Waals surface area contributed by atoms with Crippen LogP contribution < -0.4 is 0 Å². The van der Waals surface area contributed by atoms with Crippen LogP contribution in [0.1, 0.15) is 13.8 Å². The zero-order valence-corrected chi connectivity index (χ0v) is 7.32. The molecule has 0 nitrogen and oxygen atoms in total. The molecular weight excluding hydrogens is 143 g/mol. The molecule has 0 aliphatic rings. The Morgan fingerprint density at radius 3 is 1.71 bits per heavy atom. The van der Waals surface area contributed by atoms with Gasteiger partial charge in [-0.3, -0.25) is 0 Å². The van der Waals surface area contributed by atoms with Crippen LogP contribution in [0, 0.1) is 0 Å². The Labute approximate surface area is 55.9 Å². The maximum absolute atomic E-state index is 5.12. The molecule has 0 spiro atoms. The summed E-state index contributed by atoms with van der Waals surface area (Å²) in [5.41, 5.74) is 0. The van der Waals surface area contributed by atoms with Gasteiger partial charge in [0.2, 0.25) is 0 Å². The fourth-order valence-electron chi connectivity index (χ4n) is 0.224. The molecule has 0 atom stereocenters. The summed E-state index contributed by atoms with van der Waals surface area (Å²) in [6.07, 6.45) is 2.17. The monoisotopic (exact) mass is 154 g/mol. The van der Waals surface area contributed by atoms with Crippen LogP contribution in [-0.4, -0.2) is 12.3 Å². The molecule has 0 radical (unpaired) electrons. The van der Waals surface area contributed by atoms with Crippen molar-refractivity contribution in [2.24, 2.45) is 0 Å². The van der Waals surface area contributed by atoms with Gasteiger partial charge < -0.3 is 0 Å². The predicted molar refractivity (Wildman–Crippen MR) is 44.4 cm³/mol. The highest BCUT2D eigenvalue weighted by molar-refractivity contribution is 8.63. The molecule has 0 N–H and O–H groups in total. The maximum Gasteiger partial charge on any atom is 0.00289 e. The van der Waals surface area contributed by atoms with Crippen LogP contribution >= 0.6 is 17.5 Å². The summed E-state index contributed by atoms with van der Waals surface area (Å²) in [7, 11) is 0. The van der Waals surface area contributed by atoms with E-state index in [9.17, 15) is 0 Å². The second-order valence-corrected chi connectivity index (χ2v) is 9.64. The SMILES string of the molecule is CCP(=S)(S)CC. The third-order valence-electron chi connectivity index (χ3n) is 0.988. The minimum absolute atomic E-state index is 1.09. The number of hydrogen-bond acceptors (Lipinski definition) is 1. The Balaban J connectivity index is 3.61. The largest absolute Gasteiger partial charge is 0.141 e. The van der Waals surface area contributed by atoms with Crippen LogP contribution in [-0.2, 0) is 11.8 Å². The normalized spacial score (nSPS) is 11.9. The molecule has 0 aliphatic carbocycles. The van der Waals surface area contributed by atoms with Gasteiger partial charge >= 0.3 is 0 Å². The standard InChI is InChI=1S/C4H11PS2/c1-3-5(6,7)4-2/h3-4H2,1-2H3,(H,6,7). The van der Waals surface area contributed by atoms with E-state index in [0.717, 1.165) is 12.3 Å². The highest BCUT2D eigenvalue weighted by Crippen LogP contribution is 2.49. The molecule has 7 heavy (non-hydrogen) atoms. The number of thiol groups is 1. The zero-order chi connectivity index (χ0) is 5.91. The third kappa shape index (κ3) is 3.57. The van der Waals surface area contributed by atoms with Gasteiger partial charge in [0.15, 0.2) is 0 Å². The third-order valence-corrected chi connectivity index (χ3v) is 6.21. The molecule has 0 heterocycles. The summed E-state index contributed by atoms with van der Waals surface area (Å²) >= 11 is 9.43. The zero-order valence-electron chi connectivity index (χ0n) is 4.72. The van der Waals surface area contributed by atoms with E-state index in [4.69, 9.17) is 11.8 Å². The van der Waals surface area contributed by atoms with Crippen molar-refractivity contribution in [1.82, 2.24) is 0 Å². The van der Waals surface area contributed by atoms with E-state index < -0.39 is 5.24 Å². The van der Waals surface area contributed by atoms with E-state index in [1.165, 1.54) is 0 Å². The van der Waals surface area contributed by atoms with E-state index in [-0.39, 0.29) is 0 Å². The van der Waals surface area contributed by atoms with Crippen molar-refractivity contribution >= 4 is 29.3 Å². The average molecular weight is 154 g/mol. The molecule has 0 unspecified atom stereocenters. The molecule has 0 bridgehead atoms. The minimum Gasteiger partial charge on any atom is -0.141 e. The van der Waals surface area contributed by atoms with Crippen LogP contribution in [0.15, 0.2) is 0 Å². The van der Waals surface area contributed by atoms with E-state index in [2.05, 4.69) is 26.1 Å². The van der Waals surface area contributed by atoms with Gasteiger partial charge in [-0.15, -0.1) is 12.2 Å². The van der Waals surface area contributed by atoms with Gasteiger partial charge in [0.05, 0.1) is 0 Å². The number of rotatable bonds is 2. The fraction of sp³-hybridized carbons (Fsp3) is 1.00. The van der Waals surface area contributed by atoms with Gasteiger partial charge in [-0.05, 0) is 12.3 Å². The summed E-state index contributed by atoms with van der Waals surface area (Å²) < 4.78 is 0. The molecule has 0 amide bonds. The molecule has 0 aromatic carbocycles. The topological polar surface area (TPSA) is 0 Å². The molecule has 3 heteroatoms. The minimum atomic E-state index is -1.13. The fourth-order valence-corrected chi connectivity index (χ4v) is 0.671. The number of hydrogen-bond donors (Lipinski definition) is 1. The van der Waals surface area contributed by atoms with Crippen LogP contribution in [0.4, 0.5) is 0 Å². The van der Waals surface area contributed by atoms with Crippen LogP contribution in [0.2, 0.25) is 0 Å². The van der Waals surface area contributed by atoms with Crippen molar-refractivity contribution < 1.29 is 0 Å². The summed E-state index contributed by atoms with van der Waals surface area (Å²) in [6, 6.07) is 0. The van der Waals surface area contributed by atoms with Gasteiger partial charge in [-0.1, -0.05) is 25.7 Å². The first-order chi connectivity index (χ1) is 3.12. The summed E-state index contributed by atoms with van der Waals surface area (Å²) in [5, 5.41) is -1.13. The van der Waals surface area contributed by atoms with Gasteiger partial charge in [0.25, 0.3) is 0 Å². The van der Waals surface area contributed by atoms with Gasteiger partial charge in [0.1, 0.15) is 0 Å². The molecule has 0 saturated carbocycles. The summed E-state index contributed by atoms with van der Waals surface area (Å²) in [5.74, 6) is 0. The summed E-state index contributed by atoms with van der Waals surface area (Å²) in [4.78, 5) is 0. The summed E-state index contributed by atoms with van der Waals surface area (Å²) in [6.45, 7) is 4.22. The Morgan fingerprint density at radius 2 is 1.71 bits per heavy atom. The van der Waals surface area contributed by atoms with Crippen molar-refractivity contribution in [1.29, 1.82) is 0 Å². The van der Waals surface area contributed by atoms with Crippen molar-refractivity contribution in [3.8, 4) is 0 Å². The van der Waals surface area contributed by atoms with Gasteiger partial charge in [-0.2, -0.15) is 0 Å². The average Bonchev–Trinajstić information content (AvgIpc) is 1.68. The van der Waals surface area contributed by atoms with E-state index in [0.29, 0.717) is 0 Å². The van der Waals surface area contributed by atoms with Crippen molar-refractivity contribution in [2.45, 2.75) is 13.8 Å². The van der Waals surface area contributed by atoms with Crippen LogP contribution in [0.3, 0.4) is 0 Å². The molecule has 0 aromatic rings. The second-order valence-electron chi connectivity index (χ2n) is 1.48. The lowest BCUT2D eigenvalue weighted by molar-refractivity contribution is 1.44. The molecule has 0 saturated heterocycles. The lowest BCUT2D eigenvalue weighted by Crippen LogP contribution is -1.76. The first-order valence-corrected chi connectivity index (χ1v) is 6.75. The molecule has 44 valence electrons. The van der Waals surface area contributed by atoms with Crippen LogP contribution in [0.25, 0.3) is 0 Å². The van der Waals surface area contributed by atoms with Gasteiger partial charge in [-0.25, -0.2) is 0 Å². The quantitative estimate of drug-likeness (QED) is 0.470. The molecule has 0 aromatic heterocycles. The first-order valence-electron chi connectivity index (χ1n) is 2.43. The smallest absolute Gasteiger partial charge is 0.00289 e. The van der Waals surface area contributed by atoms with E-state index in [1.807, 2.05) is 0 Å². The van der Waals surface area contributed by atoms with Gasteiger partial charge in [0, 0.05) is 5.24 Å². The predicted octanol–water partition coefficient (Wildman–Crippen LogP) is 2.35. The van der Waals surface area contributed by atoms with E-state index in [1.54, 1.807) is 0 Å². The van der Waals surface area contributed by atoms with Crippen molar-refractivity contribution in [3.63, 3.8) is 0 Å². The Hall–Kier alpha value is 1.00. The molecule has 0 rings (SSSR count). The molecular formula is C4H11PS2. The Kier molecular flexibility index (Phi) is 3.56. The lowest BCUT2D eigenvalue weighted by Gasteiger charge is -2.06. The van der Waals surface area contributed by atoms with Crippen molar-refractivity contribution in [2.75, 3.05) is 12.3 Å². The Morgan fingerprint density at radius 1 is 1.43 bits per heavy atom. The molecule has 0 aliphatic heterocycles. The van der Waals surface area contributed by atoms with Crippen molar-refractivity contribution in [3.05, 3.63) is 0 Å². The highest BCUT2D eigenvalue weighted by Gasteiger charge is 2.01. The first kappa shape index (κ1) is 8.00. The highest BCUT2D eigenvalue weighted by atomic mass is 32.9. The second kappa shape index (κ2) is 3.11. The lowest BCUT2D eigenvalue weighted by atomic mass is 11.0.